The summed E-state index contributed by atoms with van der Waals surface area (Å²) in [5.41, 5.74) is 0. The highest BCUT2D eigenvalue weighted by Gasteiger charge is 2.19. The molecule has 0 aliphatic carbocycles. The fourth-order valence-corrected chi connectivity index (χ4v) is 1.61. The minimum Gasteiger partial charge on any atom is -0.350 e. The summed E-state index contributed by atoms with van der Waals surface area (Å²) in [6, 6.07) is 2.33. The predicted molar refractivity (Wildman–Crippen MR) is 51.6 cm³/mol. The first-order valence-electron chi connectivity index (χ1n) is 4.57. The number of likely N-dealkylation sites (tertiary alicyclic amines) is 1. The third kappa shape index (κ3) is 2.15. The summed E-state index contributed by atoms with van der Waals surface area (Å²) in [6.45, 7) is 2.24. The van der Waals surface area contributed by atoms with E-state index in [-0.39, 0.29) is 0 Å². The highest BCUT2D eigenvalue weighted by molar-refractivity contribution is 5.24. The van der Waals surface area contributed by atoms with E-state index in [1.165, 1.54) is 6.42 Å². The maximum absolute atomic E-state index is 4.13. The number of nitrogens with one attached hydrogen (secondary N) is 1. The van der Waals surface area contributed by atoms with Crippen LogP contribution in [0.25, 0.3) is 0 Å². The van der Waals surface area contributed by atoms with Gasteiger partial charge in [0.2, 0.25) is 5.95 Å². The lowest BCUT2D eigenvalue weighted by Gasteiger charge is -2.11. The van der Waals surface area contributed by atoms with Crippen LogP contribution >= 0.6 is 0 Å². The van der Waals surface area contributed by atoms with Crippen molar-refractivity contribution in [1.29, 1.82) is 0 Å². The fraction of sp³-hybridized carbons (Fsp3) is 0.556. The number of nitrogens with zero attached hydrogens (tertiary/aromatic N) is 3. The number of hydrogen-bond acceptors (Lipinski definition) is 4. The van der Waals surface area contributed by atoms with Gasteiger partial charge in [-0.05, 0) is 26.1 Å². The Kier molecular flexibility index (Phi) is 2.40. The first-order chi connectivity index (χ1) is 6.34. The van der Waals surface area contributed by atoms with Gasteiger partial charge in [0.1, 0.15) is 0 Å². The van der Waals surface area contributed by atoms with Gasteiger partial charge in [-0.15, -0.1) is 0 Å². The molecule has 1 fully saturated rings. The molecular formula is C9H14N4. The summed E-state index contributed by atoms with van der Waals surface area (Å²) >= 11 is 0. The number of anilines is 1. The van der Waals surface area contributed by atoms with Crippen molar-refractivity contribution in [3.8, 4) is 0 Å². The van der Waals surface area contributed by atoms with Gasteiger partial charge in [-0.1, -0.05) is 0 Å². The van der Waals surface area contributed by atoms with Crippen LogP contribution in [-0.2, 0) is 0 Å². The van der Waals surface area contributed by atoms with Gasteiger partial charge in [0.25, 0.3) is 0 Å². The van der Waals surface area contributed by atoms with Gasteiger partial charge in [-0.2, -0.15) is 0 Å². The molecule has 1 aliphatic heterocycles. The van der Waals surface area contributed by atoms with Crippen LogP contribution in [0.3, 0.4) is 0 Å². The lowest BCUT2D eigenvalue weighted by atomic mass is 10.3. The molecule has 1 aromatic rings. The van der Waals surface area contributed by atoms with Gasteiger partial charge < -0.3 is 10.2 Å². The van der Waals surface area contributed by atoms with Gasteiger partial charge in [-0.25, -0.2) is 9.97 Å². The Labute approximate surface area is 78.0 Å². The standard InChI is InChI=1S/C9H14N4/c1-13-6-3-8(7-13)12-9-10-4-2-5-11-9/h2,4-5,8H,3,6-7H2,1H3,(H,10,11,12). The molecule has 2 heterocycles. The zero-order chi connectivity index (χ0) is 9.10. The third-order valence-electron chi connectivity index (χ3n) is 2.29. The number of likely N-dealkylation sites (N-methyl/N-ethyl adjacent to an activating group) is 1. The van der Waals surface area contributed by atoms with Gasteiger partial charge >= 0.3 is 0 Å². The highest BCUT2D eigenvalue weighted by Crippen LogP contribution is 2.10. The quantitative estimate of drug-likeness (QED) is 0.719. The minimum absolute atomic E-state index is 0.507. The highest BCUT2D eigenvalue weighted by atomic mass is 15.2. The van der Waals surface area contributed by atoms with E-state index in [0.717, 1.165) is 19.0 Å². The molecule has 1 aliphatic rings. The van der Waals surface area contributed by atoms with E-state index in [2.05, 4.69) is 27.2 Å². The second-order valence-electron chi connectivity index (χ2n) is 3.46. The Balaban J connectivity index is 1.92. The molecule has 1 aromatic heterocycles. The van der Waals surface area contributed by atoms with Crippen LogP contribution in [0.5, 0.6) is 0 Å². The Hall–Kier alpha value is -1.16. The Morgan fingerprint density at radius 3 is 2.85 bits per heavy atom. The van der Waals surface area contributed by atoms with E-state index in [1.807, 2.05) is 6.07 Å². The third-order valence-corrected chi connectivity index (χ3v) is 2.29. The molecule has 1 atom stereocenters. The van der Waals surface area contributed by atoms with Crippen molar-refractivity contribution >= 4 is 5.95 Å². The Morgan fingerprint density at radius 1 is 1.46 bits per heavy atom. The summed E-state index contributed by atoms with van der Waals surface area (Å²) < 4.78 is 0. The van der Waals surface area contributed by atoms with Crippen molar-refractivity contribution in [2.24, 2.45) is 0 Å². The zero-order valence-electron chi connectivity index (χ0n) is 7.77. The summed E-state index contributed by atoms with van der Waals surface area (Å²) in [7, 11) is 2.13. The van der Waals surface area contributed by atoms with Crippen molar-refractivity contribution in [2.75, 3.05) is 25.5 Å². The second kappa shape index (κ2) is 3.70. The number of aromatic nitrogens is 2. The molecule has 1 unspecified atom stereocenters. The molecule has 0 amide bonds. The Bertz CT molecular complexity index is 262. The van der Waals surface area contributed by atoms with Gasteiger partial charge in [-0.3, -0.25) is 0 Å². The van der Waals surface area contributed by atoms with E-state index in [1.54, 1.807) is 12.4 Å². The lowest BCUT2D eigenvalue weighted by molar-refractivity contribution is 0.414. The average molecular weight is 178 g/mol. The van der Waals surface area contributed by atoms with Gasteiger partial charge in [0, 0.05) is 25.0 Å². The molecule has 1 saturated heterocycles. The maximum atomic E-state index is 4.13. The summed E-state index contributed by atoms with van der Waals surface area (Å²) in [6.07, 6.45) is 4.69. The molecule has 0 aromatic carbocycles. The molecule has 4 heteroatoms. The summed E-state index contributed by atoms with van der Waals surface area (Å²) in [5.74, 6) is 0.739. The molecule has 13 heavy (non-hydrogen) atoms. The maximum Gasteiger partial charge on any atom is 0.222 e. The van der Waals surface area contributed by atoms with Crippen LogP contribution in [-0.4, -0.2) is 41.0 Å². The summed E-state index contributed by atoms with van der Waals surface area (Å²) in [4.78, 5) is 10.6. The van der Waals surface area contributed by atoms with Crippen molar-refractivity contribution in [3.05, 3.63) is 18.5 Å². The molecule has 0 spiro atoms. The smallest absolute Gasteiger partial charge is 0.222 e. The molecular weight excluding hydrogens is 164 g/mol. The minimum atomic E-state index is 0.507. The molecule has 0 saturated carbocycles. The van der Waals surface area contributed by atoms with Crippen molar-refractivity contribution in [1.82, 2.24) is 14.9 Å². The lowest BCUT2D eigenvalue weighted by Crippen LogP contribution is -2.24. The van der Waals surface area contributed by atoms with E-state index in [4.69, 9.17) is 0 Å². The van der Waals surface area contributed by atoms with Gasteiger partial charge in [0.05, 0.1) is 0 Å². The normalized spacial score (nSPS) is 23.3. The predicted octanol–water partition coefficient (Wildman–Crippen LogP) is 0.593. The van der Waals surface area contributed by atoms with Crippen LogP contribution in [0.4, 0.5) is 5.95 Å². The Morgan fingerprint density at radius 2 is 2.23 bits per heavy atom. The monoisotopic (exact) mass is 178 g/mol. The molecule has 0 bridgehead atoms. The average Bonchev–Trinajstić information content (AvgIpc) is 2.53. The van der Waals surface area contributed by atoms with Crippen molar-refractivity contribution in [2.45, 2.75) is 12.5 Å². The topological polar surface area (TPSA) is 41.0 Å². The van der Waals surface area contributed by atoms with Crippen molar-refractivity contribution in [3.63, 3.8) is 0 Å². The fourth-order valence-electron chi connectivity index (χ4n) is 1.61. The molecule has 70 valence electrons. The molecule has 4 nitrogen and oxygen atoms in total. The van der Waals surface area contributed by atoms with E-state index in [9.17, 15) is 0 Å². The largest absolute Gasteiger partial charge is 0.350 e. The zero-order valence-corrected chi connectivity index (χ0v) is 7.77. The summed E-state index contributed by atoms with van der Waals surface area (Å²) in [5, 5.41) is 3.31. The SMILES string of the molecule is CN1CCC(Nc2ncccn2)C1. The first kappa shape index (κ1) is 8.44. The van der Waals surface area contributed by atoms with Crippen LogP contribution < -0.4 is 5.32 Å². The number of rotatable bonds is 2. The molecule has 1 N–H and O–H groups in total. The molecule has 0 radical (unpaired) electrons. The van der Waals surface area contributed by atoms with Crippen molar-refractivity contribution < 1.29 is 0 Å². The van der Waals surface area contributed by atoms with E-state index >= 15 is 0 Å². The molecule has 2 rings (SSSR count). The van der Waals surface area contributed by atoms with Crippen LogP contribution in [0.15, 0.2) is 18.5 Å². The first-order valence-corrected chi connectivity index (χ1v) is 4.57. The van der Waals surface area contributed by atoms with E-state index < -0.39 is 0 Å². The number of hydrogen-bond donors (Lipinski definition) is 1. The van der Waals surface area contributed by atoms with E-state index in [0.29, 0.717) is 6.04 Å². The van der Waals surface area contributed by atoms with Crippen LogP contribution in [0.1, 0.15) is 6.42 Å². The second-order valence-corrected chi connectivity index (χ2v) is 3.46. The van der Waals surface area contributed by atoms with Crippen LogP contribution in [0, 0.1) is 0 Å². The van der Waals surface area contributed by atoms with Gasteiger partial charge in [0.15, 0.2) is 0 Å². The van der Waals surface area contributed by atoms with Crippen LogP contribution in [0.2, 0.25) is 0 Å².